The number of carbonyl (C=O) groups is 1. The number of hydrogen-bond donors (Lipinski definition) is 2. The van der Waals surface area contributed by atoms with Gasteiger partial charge >= 0.3 is 0 Å². The van der Waals surface area contributed by atoms with Crippen LogP contribution in [0.2, 0.25) is 0 Å². The molecule has 0 spiro atoms. The Bertz CT molecular complexity index is 808. The maximum Gasteiger partial charge on any atom is 0.239 e. The summed E-state index contributed by atoms with van der Waals surface area (Å²) >= 11 is 0. The van der Waals surface area contributed by atoms with Crippen molar-refractivity contribution in [2.45, 2.75) is 26.5 Å². The molecular weight excluding hydrogens is 324 g/mol. The molecule has 2 aromatic carbocycles. The average Bonchev–Trinajstić information content (AvgIpc) is 2.52. The van der Waals surface area contributed by atoms with Crippen LogP contribution in [0.25, 0.3) is 0 Å². The van der Waals surface area contributed by atoms with Gasteiger partial charge in [-0.3, -0.25) is 4.79 Å². The molecule has 5 nitrogen and oxygen atoms in total. The molecule has 0 unspecified atom stereocenters. The third kappa shape index (κ3) is 5.18. The van der Waals surface area contributed by atoms with Crippen molar-refractivity contribution in [3.63, 3.8) is 0 Å². The molecule has 0 fully saturated rings. The van der Waals surface area contributed by atoms with E-state index >= 15 is 0 Å². The van der Waals surface area contributed by atoms with E-state index in [0.717, 1.165) is 22.3 Å². The lowest BCUT2D eigenvalue weighted by Gasteiger charge is -2.11. The molecule has 0 atom stereocenters. The van der Waals surface area contributed by atoms with Crippen molar-refractivity contribution in [1.82, 2.24) is 4.72 Å². The quantitative estimate of drug-likeness (QED) is 0.844. The van der Waals surface area contributed by atoms with E-state index in [1.165, 1.54) is 0 Å². The number of nitrogens with one attached hydrogen (secondary N) is 2. The number of hydrogen-bond acceptors (Lipinski definition) is 3. The summed E-state index contributed by atoms with van der Waals surface area (Å²) in [5.41, 5.74) is 4.33. The average molecular weight is 346 g/mol. The Morgan fingerprint density at radius 1 is 0.958 bits per heavy atom. The Balaban J connectivity index is 1.94. The molecule has 0 radical (unpaired) electrons. The normalized spacial score (nSPS) is 11.3. The zero-order chi connectivity index (χ0) is 17.7. The van der Waals surface area contributed by atoms with Crippen LogP contribution in [-0.4, -0.2) is 20.9 Å². The molecular formula is C18H22N2O3S. The zero-order valence-electron chi connectivity index (χ0n) is 14.1. The van der Waals surface area contributed by atoms with Crippen LogP contribution in [0, 0.1) is 20.8 Å². The van der Waals surface area contributed by atoms with E-state index in [2.05, 4.69) is 10.0 Å². The van der Waals surface area contributed by atoms with Crippen LogP contribution >= 0.6 is 0 Å². The fourth-order valence-corrected chi connectivity index (χ4v) is 3.62. The number of carbonyl (C=O) groups excluding carboxylic acids is 1. The van der Waals surface area contributed by atoms with Crippen molar-refractivity contribution in [3.8, 4) is 0 Å². The predicted octanol–water partition coefficient (Wildman–Crippen LogP) is 2.67. The van der Waals surface area contributed by atoms with Crippen LogP contribution < -0.4 is 10.0 Å². The lowest BCUT2D eigenvalue weighted by atomic mass is 10.1. The third-order valence-electron chi connectivity index (χ3n) is 3.77. The largest absolute Gasteiger partial charge is 0.325 e. The first-order valence-corrected chi connectivity index (χ1v) is 9.31. The number of rotatable bonds is 6. The summed E-state index contributed by atoms with van der Waals surface area (Å²) in [6, 6.07) is 12.9. The summed E-state index contributed by atoms with van der Waals surface area (Å²) in [5.74, 6) is -0.535. The van der Waals surface area contributed by atoms with E-state index in [1.807, 2.05) is 51.1 Å². The number of amides is 1. The molecule has 6 heteroatoms. The molecule has 1 amide bonds. The van der Waals surface area contributed by atoms with Gasteiger partial charge in [-0.1, -0.05) is 35.9 Å². The van der Waals surface area contributed by atoms with Gasteiger partial charge in [-0.05, 0) is 49.6 Å². The number of anilines is 1. The van der Waals surface area contributed by atoms with Gasteiger partial charge < -0.3 is 5.32 Å². The van der Waals surface area contributed by atoms with Crippen molar-refractivity contribution >= 4 is 21.6 Å². The molecule has 0 bridgehead atoms. The molecule has 0 saturated heterocycles. The summed E-state index contributed by atoms with van der Waals surface area (Å²) in [4.78, 5) is 11.9. The summed E-state index contributed by atoms with van der Waals surface area (Å²) in [6.45, 7) is 5.42. The van der Waals surface area contributed by atoms with Gasteiger partial charge in [-0.2, -0.15) is 0 Å². The highest BCUT2D eigenvalue weighted by Gasteiger charge is 2.16. The zero-order valence-corrected chi connectivity index (χ0v) is 14.9. The SMILES string of the molecule is Cc1ccc(NC(=O)CNS(=O)(=O)Cc2c(C)cccc2C)cc1. The smallest absolute Gasteiger partial charge is 0.239 e. The number of sulfonamides is 1. The Hall–Kier alpha value is -2.18. The standard InChI is InChI=1S/C18H22N2O3S/c1-13-7-9-16(10-8-13)20-18(21)11-19-24(22,23)12-17-14(2)5-4-6-15(17)3/h4-10,19H,11-12H2,1-3H3,(H,20,21). The highest BCUT2D eigenvalue weighted by molar-refractivity contribution is 7.88. The minimum absolute atomic E-state index is 0.136. The lowest BCUT2D eigenvalue weighted by molar-refractivity contribution is -0.115. The molecule has 24 heavy (non-hydrogen) atoms. The van der Waals surface area contributed by atoms with Crippen molar-refractivity contribution in [1.29, 1.82) is 0 Å². The molecule has 2 N–H and O–H groups in total. The molecule has 0 aliphatic rings. The minimum atomic E-state index is -3.58. The Labute approximate surface area is 143 Å². The van der Waals surface area contributed by atoms with Crippen molar-refractivity contribution < 1.29 is 13.2 Å². The van der Waals surface area contributed by atoms with E-state index in [-0.39, 0.29) is 12.3 Å². The van der Waals surface area contributed by atoms with Crippen LogP contribution in [0.5, 0.6) is 0 Å². The third-order valence-corrected chi connectivity index (χ3v) is 5.02. The highest BCUT2D eigenvalue weighted by Crippen LogP contribution is 2.16. The van der Waals surface area contributed by atoms with Gasteiger partial charge in [0.2, 0.25) is 15.9 Å². The molecule has 2 rings (SSSR count). The molecule has 2 aromatic rings. The van der Waals surface area contributed by atoms with Crippen LogP contribution in [0.15, 0.2) is 42.5 Å². The second kappa shape index (κ2) is 7.59. The second-order valence-electron chi connectivity index (χ2n) is 5.86. The van der Waals surface area contributed by atoms with Crippen LogP contribution in [-0.2, 0) is 20.6 Å². The second-order valence-corrected chi connectivity index (χ2v) is 7.67. The van der Waals surface area contributed by atoms with E-state index in [0.29, 0.717) is 5.69 Å². The van der Waals surface area contributed by atoms with Gasteiger partial charge in [-0.15, -0.1) is 0 Å². The Kier molecular flexibility index (Phi) is 5.75. The number of benzene rings is 2. The van der Waals surface area contributed by atoms with Crippen LogP contribution in [0.1, 0.15) is 22.3 Å². The van der Waals surface area contributed by atoms with Crippen LogP contribution in [0.4, 0.5) is 5.69 Å². The van der Waals surface area contributed by atoms with Gasteiger partial charge in [0, 0.05) is 5.69 Å². The van der Waals surface area contributed by atoms with Crippen molar-refractivity contribution in [2.24, 2.45) is 0 Å². The van der Waals surface area contributed by atoms with Gasteiger partial charge in [0.15, 0.2) is 0 Å². The predicted molar refractivity (Wildman–Crippen MR) is 96.4 cm³/mol. The minimum Gasteiger partial charge on any atom is -0.325 e. The Morgan fingerprint density at radius 2 is 1.54 bits per heavy atom. The van der Waals surface area contributed by atoms with E-state index in [9.17, 15) is 13.2 Å². The molecule has 0 aliphatic carbocycles. The molecule has 0 heterocycles. The fourth-order valence-electron chi connectivity index (χ4n) is 2.34. The van der Waals surface area contributed by atoms with Gasteiger partial charge in [0.25, 0.3) is 0 Å². The number of aryl methyl sites for hydroxylation is 3. The summed E-state index contributed by atoms with van der Waals surface area (Å²) < 4.78 is 26.8. The van der Waals surface area contributed by atoms with Gasteiger partial charge in [0.1, 0.15) is 0 Å². The summed E-state index contributed by atoms with van der Waals surface area (Å²) in [5, 5.41) is 2.66. The Morgan fingerprint density at radius 3 is 2.12 bits per heavy atom. The topological polar surface area (TPSA) is 75.3 Å². The first-order valence-electron chi connectivity index (χ1n) is 7.66. The fraction of sp³-hybridized carbons (Fsp3) is 0.278. The first kappa shape index (κ1) is 18.2. The van der Waals surface area contributed by atoms with E-state index in [1.54, 1.807) is 12.1 Å². The molecule has 128 valence electrons. The van der Waals surface area contributed by atoms with Gasteiger partial charge in [0.05, 0.1) is 12.3 Å². The van der Waals surface area contributed by atoms with Gasteiger partial charge in [-0.25, -0.2) is 13.1 Å². The molecule has 0 saturated carbocycles. The van der Waals surface area contributed by atoms with Crippen LogP contribution in [0.3, 0.4) is 0 Å². The maximum absolute atomic E-state index is 12.2. The monoisotopic (exact) mass is 346 g/mol. The van der Waals surface area contributed by atoms with Crippen molar-refractivity contribution in [2.75, 3.05) is 11.9 Å². The van der Waals surface area contributed by atoms with Crippen molar-refractivity contribution in [3.05, 3.63) is 64.7 Å². The highest BCUT2D eigenvalue weighted by atomic mass is 32.2. The lowest BCUT2D eigenvalue weighted by Crippen LogP contribution is -2.33. The maximum atomic E-state index is 12.2. The summed E-state index contributed by atoms with van der Waals surface area (Å²) in [7, 11) is -3.58. The van der Waals surface area contributed by atoms with E-state index in [4.69, 9.17) is 0 Å². The molecule has 0 aliphatic heterocycles. The first-order chi connectivity index (χ1) is 11.3. The summed E-state index contributed by atoms with van der Waals surface area (Å²) in [6.07, 6.45) is 0. The van der Waals surface area contributed by atoms with E-state index < -0.39 is 15.9 Å². The molecule has 0 aromatic heterocycles.